The molecule has 0 radical (unpaired) electrons. The van der Waals surface area contributed by atoms with E-state index < -0.39 is 0 Å². The van der Waals surface area contributed by atoms with E-state index in [1.807, 2.05) is 6.92 Å². The largest absolute Gasteiger partial charge is 0.397 e. The maximum absolute atomic E-state index is 11.5. The van der Waals surface area contributed by atoms with Gasteiger partial charge in [-0.25, -0.2) is 0 Å². The van der Waals surface area contributed by atoms with Crippen LogP contribution in [-0.4, -0.2) is 18.5 Å². The molecular weight excluding hydrogens is 204 g/mol. The van der Waals surface area contributed by atoms with E-state index in [0.29, 0.717) is 17.9 Å². The minimum Gasteiger partial charge on any atom is -0.397 e. The Kier molecular flexibility index (Phi) is 3.99. The number of nitrogens with one attached hydrogen (secondary N) is 2. The monoisotopic (exact) mass is 222 g/mol. The summed E-state index contributed by atoms with van der Waals surface area (Å²) >= 11 is 0. The number of anilines is 3. The quantitative estimate of drug-likeness (QED) is 0.566. The second-order valence-corrected chi connectivity index (χ2v) is 3.60. The molecule has 0 aliphatic carbocycles. The van der Waals surface area contributed by atoms with Crippen LogP contribution in [0.2, 0.25) is 0 Å². The molecule has 16 heavy (non-hydrogen) atoms. The average Bonchev–Trinajstić information content (AvgIpc) is 2.24. The number of nitrogen functional groups attached to an aromatic ring is 2. The third-order valence-corrected chi connectivity index (χ3v) is 2.21. The minimum atomic E-state index is -0.303. The fraction of sp³-hybridized carbons (Fsp3) is 0.364. The van der Waals surface area contributed by atoms with E-state index in [1.165, 1.54) is 0 Å². The van der Waals surface area contributed by atoms with Crippen LogP contribution in [0.3, 0.4) is 0 Å². The fourth-order valence-corrected chi connectivity index (χ4v) is 1.31. The molecule has 6 N–H and O–H groups in total. The molecule has 1 atom stereocenters. The van der Waals surface area contributed by atoms with Crippen LogP contribution in [0.1, 0.15) is 13.8 Å². The summed E-state index contributed by atoms with van der Waals surface area (Å²) in [6.07, 6.45) is 0. The van der Waals surface area contributed by atoms with Crippen molar-refractivity contribution in [2.24, 2.45) is 0 Å². The lowest BCUT2D eigenvalue weighted by Crippen LogP contribution is -2.37. The molecule has 0 fully saturated rings. The summed E-state index contributed by atoms with van der Waals surface area (Å²) in [5, 5.41) is 5.78. The van der Waals surface area contributed by atoms with Crippen molar-refractivity contribution in [2.75, 3.05) is 23.3 Å². The third-order valence-electron chi connectivity index (χ3n) is 2.21. The van der Waals surface area contributed by atoms with Gasteiger partial charge in [-0.1, -0.05) is 0 Å². The van der Waals surface area contributed by atoms with Gasteiger partial charge in [-0.3, -0.25) is 4.79 Å². The molecule has 1 unspecified atom stereocenters. The highest BCUT2D eigenvalue weighted by molar-refractivity contribution is 5.84. The Labute approximate surface area is 95.2 Å². The average molecular weight is 222 g/mol. The lowest BCUT2D eigenvalue weighted by atomic mass is 10.2. The Balaban J connectivity index is 2.66. The summed E-state index contributed by atoms with van der Waals surface area (Å²) in [7, 11) is 0. The zero-order chi connectivity index (χ0) is 12.1. The highest BCUT2D eigenvalue weighted by Gasteiger charge is 2.11. The van der Waals surface area contributed by atoms with Crippen molar-refractivity contribution < 1.29 is 4.79 Å². The predicted octanol–water partition coefficient (Wildman–Crippen LogP) is 0.787. The van der Waals surface area contributed by atoms with Crippen LogP contribution in [0.15, 0.2) is 18.2 Å². The van der Waals surface area contributed by atoms with Gasteiger partial charge in [0.15, 0.2) is 0 Å². The first-order chi connectivity index (χ1) is 7.54. The van der Waals surface area contributed by atoms with E-state index in [4.69, 9.17) is 11.5 Å². The van der Waals surface area contributed by atoms with Crippen molar-refractivity contribution in [1.82, 2.24) is 5.32 Å². The summed E-state index contributed by atoms with van der Waals surface area (Å²) in [5.41, 5.74) is 13.1. The van der Waals surface area contributed by atoms with E-state index >= 15 is 0 Å². The standard InChI is InChI=1S/C11H18N4O/c1-3-14-11(16)7(2)15-8-4-5-9(12)10(13)6-8/h4-7,15H,3,12-13H2,1-2H3,(H,14,16). The Bertz CT molecular complexity index is 378. The first kappa shape index (κ1) is 12.2. The Hall–Kier alpha value is -1.91. The van der Waals surface area contributed by atoms with Gasteiger partial charge in [0.05, 0.1) is 11.4 Å². The number of hydrogen-bond donors (Lipinski definition) is 4. The zero-order valence-electron chi connectivity index (χ0n) is 9.58. The molecule has 0 spiro atoms. The van der Waals surface area contributed by atoms with Gasteiger partial charge in [0.2, 0.25) is 5.91 Å². The van der Waals surface area contributed by atoms with E-state index in [0.717, 1.165) is 5.69 Å². The maximum atomic E-state index is 11.5. The van der Waals surface area contributed by atoms with Crippen LogP contribution in [0, 0.1) is 0 Å². The molecule has 0 saturated heterocycles. The molecular formula is C11H18N4O. The van der Waals surface area contributed by atoms with Gasteiger partial charge in [0, 0.05) is 12.2 Å². The van der Waals surface area contributed by atoms with Crippen molar-refractivity contribution in [3.63, 3.8) is 0 Å². The summed E-state index contributed by atoms with van der Waals surface area (Å²) in [5.74, 6) is -0.0436. The highest BCUT2D eigenvalue weighted by atomic mass is 16.2. The number of rotatable bonds is 4. The van der Waals surface area contributed by atoms with Gasteiger partial charge >= 0.3 is 0 Å². The second kappa shape index (κ2) is 5.25. The first-order valence-corrected chi connectivity index (χ1v) is 5.23. The van der Waals surface area contributed by atoms with Crippen molar-refractivity contribution in [3.8, 4) is 0 Å². The molecule has 0 saturated carbocycles. The molecule has 0 aromatic heterocycles. The minimum absolute atomic E-state index is 0.0436. The molecule has 1 aromatic rings. The van der Waals surface area contributed by atoms with E-state index in [2.05, 4.69) is 10.6 Å². The molecule has 0 aliphatic rings. The number of carbonyl (C=O) groups is 1. The van der Waals surface area contributed by atoms with Crippen LogP contribution in [0.5, 0.6) is 0 Å². The predicted molar refractivity (Wildman–Crippen MR) is 67.0 cm³/mol. The third kappa shape index (κ3) is 3.05. The van der Waals surface area contributed by atoms with Gasteiger partial charge < -0.3 is 22.1 Å². The van der Waals surface area contributed by atoms with Crippen molar-refractivity contribution in [3.05, 3.63) is 18.2 Å². The second-order valence-electron chi connectivity index (χ2n) is 3.60. The van der Waals surface area contributed by atoms with Gasteiger partial charge in [-0.15, -0.1) is 0 Å². The molecule has 0 heterocycles. The van der Waals surface area contributed by atoms with Gasteiger partial charge in [-0.2, -0.15) is 0 Å². The fourth-order valence-electron chi connectivity index (χ4n) is 1.31. The molecule has 1 aromatic carbocycles. The summed E-state index contributed by atoms with van der Waals surface area (Å²) in [6.45, 7) is 4.29. The molecule has 1 rings (SSSR count). The summed E-state index contributed by atoms with van der Waals surface area (Å²) in [6, 6.07) is 4.91. The number of amides is 1. The number of nitrogens with two attached hydrogens (primary N) is 2. The van der Waals surface area contributed by atoms with Gasteiger partial charge in [0.25, 0.3) is 0 Å². The van der Waals surface area contributed by atoms with Crippen LogP contribution in [0.4, 0.5) is 17.1 Å². The highest BCUT2D eigenvalue weighted by Crippen LogP contribution is 2.19. The Morgan fingerprint density at radius 2 is 2.06 bits per heavy atom. The van der Waals surface area contributed by atoms with Crippen LogP contribution >= 0.6 is 0 Å². The van der Waals surface area contributed by atoms with E-state index in [-0.39, 0.29) is 11.9 Å². The van der Waals surface area contributed by atoms with Gasteiger partial charge in [0.1, 0.15) is 6.04 Å². The molecule has 1 amide bonds. The smallest absolute Gasteiger partial charge is 0.242 e. The number of carbonyl (C=O) groups excluding carboxylic acids is 1. The van der Waals surface area contributed by atoms with E-state index in [1.54, 1.807) is 25.1 Å². The van der Waals surface area contributed by atoms with Crippen molar-refractivity contribution in [1.29, 1.82) is 0 Å². The van der Waals surface area contributed by atoms with Crippen molar-refractivity contribution >= 4 is 23.0 Å². The van der Waals surface area contributed by atoms with Crippen LogP contribution < -0.4 is 22.1 Å². The lowest BCUT2D eigenvalue weighted by Gasteiger charge is -2.15. The Morgan fingerprint density at radius 3 is 2.62 bits per heavy atom. The number of benzene rings is 1. The zero-order valence-corrected chi connectivity index (χ0v) is 9.58. The summed E-state index contributed by atoms with van der Waals surface area (Å²) in [4.78, 5) is 11.5. The van der Waals surface area contributed by atoms with Gasteiger partial charge in [-0.05, 0) is 32.0 Å². The van der Waals surface area contributed by atoms with E-state index in [9.17, 15) is 4.79 Å². The topological polar surface area (TPSA) is 93.2 Å². The molecule has 0 bridgehead atoms. The number of hydrogen-bond acceptors (Lipinski definition) is 4. The SMILES string of the molecule is CCNC(=O)C(C)Nc1ccc(N)c(N)c1. The first-order valence-electron chi connectivity index (χ1n) is 5.23. The Morgan fingerprint density at radius 1 is 1.38 bits per heavy atom. The molecule has 88 valence electrons. The van der Waals surface area contributed by atoms with Crippen LogP contribution in [0.25, 0.3) is 0 Å². The summed E-state index contributed by atoms with van der Waals surface area (Å²) < 4.78 is 0. The van der Waals surface area contributed by atoms with Crippen molar-refractivity contribution in [2.45, 2.75) is 19.9 Å². The van der Waals surface area contributed by atoms with Crippen LogP contribution in [-0.2, 0) is 4.79 Å². The molecule has 5 heteroatoms. The number of likely N-dealkylation sites (N-methyl/N-ethyl adjacent to an activating group) is 1. The normalized spacial score (nSPS) is 11.9. The lowest BCUT2D eigenvalue weighted by molar-refractivity contribution is -0.121. The molecule has 5 nitrogen and oxygen atoms in total. The maximum Gasteiger partial charge on any atom is 0.242 e. The molecule has 0 aliphatic heterocycles.